The quantitative estimate of drug-likeness (QED) is 0.0616. The van der Waals surface area contributed by atoms with E-state index in [2.05, 4.69) is 37.9 Å². The molecule has 0 spiro atoms. The Labute approximate surface area is 368 Å². The molecule has 4 atom stereocenters. The predicted octanol–water partition coefficient (Wildman–Crippen LogP) is 8.00. The van der Waals surface area contributed by atoms with Crippen molar-refractivity contribution in [2.45, 2.75) is 111 Å². The number of halogens is 8. The molecule has 3 fully saturated rings. The van der Waals surface area contributed by atoms with E-state index in [1.165, 1.54) is 32.0 Å². The number of nitrogens with zero attached hydrogens (tertiary/aromatic N) is 5. The zero-order valence-corrected chi connectivity index (χ0v) is 36.4. The van der Waals surface area contributed by atoms with Gasteiger partial charge in [0.05, 0.1) is 22.5 Å². The molecule has 2 aromatic carbocycles. The number of carbonyl (C=O) groups excluding carboxylic acids is 1. The average Bonchev–Trinajstić information content (AvgIpc) is 4.10. The molecule has 5 aromatic rings. The number of amides is 1. The lowest BCUT2D eigenvalue weighted by Gasteiger charge is -2.23. The molecule has 9 rings (SSSR count). The smallest absolute Gasteiger partial charge is 0.293 e. The highest BCUT2D eigenvalue weighted by molar-refractivity contribution is 8.02. The number of hydrogen-bond donors (Lipinski definition) is 2. The highest BCUT2D eigenvalue weighted by Gasteiger charge is 2.67. The standard InChI is InChI=1S/C44H41F8N7O4S2/c1-43(2,65(62,63)27-10-11-27)14-13-25-7-12-28(29-5-4-6-30-39(29)58(20-34(47)48)56-42(30)57-64(3,61)26-8-9-26)37(53-25)33(17-22-15-23(45)18-24(46)16-22)54-35(60)21-59-40-36(38(55-59)41(49)50)31-19-32(31)44(40,51)52/h4-7,12,15-16,18,26-27,31-34,41H,3,8-11,17,19-21H2,1-2H3,(H,54,60)(H,56,57,61)/t31-,32+,33-,64?/m0/s1. The highest BCUT2D eigenvalue weighted by atomic mass is 32.2. The molecule has 4 aliphatic carbocycles. The summed E-state index contributed by atoms with van der Waals surface area (Å²) in [7, 11) is -6.68. The van der Waals surface area contributed by atoms with Crippen molar-refractivity contribution >= 4 is 48.0 Å². The highest BCUT2D eigenvalue weighted by Crippen LogP contribution is 2.68. The lowest BCUT2D eigenvalue weighted by atomic mass is 9.93. The maximum Gasteiger partial charge on any atom is 0.293 e. The summed E-state index contributed by atoms with van der Waals surface area (Å²) in [5.41, 5.74) is -1.75. The van der Waals surface area contributed by atoms with E-state index in [1.807, 2.05) is 0 Å². The minimum absolute atomic E-state index is 0.00468. The van der Waals surface area contributed by atoms with Crippen LogP contribution in [0.15, 0.2) is 48.5 Å². The number of para-hydroxylation sites is 1. The van der Waals surface area contributed by atoms with Crippen LogP contribution in [0.5, 0.6) is 0 Å². The van der Waals surface area contributed by atoms with Gasteiger partial charge in [0.2, 0.25) is 5.91 Å². The van der Waals surface area contributed by atoms with E-state index in [0.717, 1.165) is 16.8 Å². The molecular formula is C44H41F8N7O4S2. The van der Waals surface area contributed by atoms with Crippen LogP contribution in [0.1, 0.15) is 98.2 Å². The van der Waals surface area contributed by atoms with Crippen molar-refractivity contribution in [2.75, 3.05) is 4.72 Å². The van der Waals surface area contributed by atoms with E-state index in [9.17, 15) is 43.8 Å². The summed E-state index contributed by atoms with van der Waals surface area (Å²) in [6.45, 7) is 0.953. The van der Waals surface area contributed by atoms with Gasteiger partial charge in [-0.3, -0.25) is 18.9 Å². The molecule has 0 radical (unpaired) electrons. The Balaban J connectivity index is 1.20. The topological polar surface area (TPSA) is 141 Å². The third-order valence-corrected chi connectivity index (χ3v) is 17.2. The monoisotopic (exact) mass is 947 g/mol. The Morgan fingerprint density at radius 1 is 0.938 bits per heavy atom. The van der Waals surface area contributed by atoms with Crippen molar-refractivity contribution in [2.24, 2.45) is 5.92 Å². The Bertz CT molecular complexity index is 3040. The van der Waals surface area contributed by atoms with Crippen LogP contribution in [0.25, 0.3) is 22.0 Å². The number of hydrogen-bond acceptors (Lipinski definition) is 7. The first-order valence-electron chi connectivity index (χ1n) is 20.8. The summed E-state index contributed by atoms with van der Waals surface area (Å²) in [4.78, 5) is 18.9. The molecular weight excluding hydrogens is 907 g/mol. The lowest BCUT2D eigenvalue weighted by molar-refractivity contribution is -0.123. The minimum atomic E-state index is -3.72. The summed E-state index contributed by atoms with van der Waals surface area (Å²) in [5.74, 6) is 0.750. The van der Waals surface area contributed by atoms with Gasteiger partial charge in [-0.25, -0.2) is 44.0 Å². The molecule has 4 aliphatic rings. The maximum atomic E-state index is 15.5. The van der Waals surface area contributed by atoms with Gasteiger partial charge in [-0.1, -0.05) is 18.1 Å². The Morgan fingerprint density at radius 2 is 1.63 bits per heavy atom. The van der Waals surface area contributed by atoms with E-state index in [4.69, 9.17) is 4.98 Å². The first kappa shape index (κ1) is 44.7. The van der Waals surface area contributed by atoms with Gasteiger partial charge in [0.25, 0.3) is 18.8 Å². The number of fused-ring (bicyclic) bond motifs is 4. The molecule has 3 aromatic heterocycles. The van der Waals surface area contributed by atoms with Gasteiger partial charge in [-0.2, -0.15) is 19.0 Å². The van der Waals surface area contributed by atoms with Gasteiger partial charge in [0, 0.05) is 49.0 Å². The molecule has 1 unspecified atom stereocenters. The third kappa shape index (κ3) is 8.36. The van der Waals surface area contributed by atoms with E-state index in [1.54, 1.807) is 12.1 Å². The zero-order chi connectivity index (χ0) is 46.5. The molecule has 0 aliphatic heterocycles. The Kier molecular flexibility index (Phi) is 10.9. The number of rotatable bonds is 15. The van der Waals surface area contributed by atoms with Crippen LogP contribution in [0.4, 0.5) is 40.9 Å². The number of anilines is 1. The second kappa shape index (κ2) is 15.8. The molecule has 2 N–H and O–H groups in total. The number of aromatic nitrogens is 5. The Hall–Kier alpha value is -5.49. The van der Waals surface area contributed by atoms with Crippen LogP contribution < -0.4 is 10.0 Å². The SMILES string of the molecule is C=S(=O)(Nc1nn(CC(F)F)c2c(-c3ccc(C#CC(C)(C)S(=O)(=O)C4CC4)nc3[C@H](Cc3cc(F)cc(F)c3)NC(=O)Cn3nc(C(F)F)c4c3C(F)(F)[C@@H]3C[C@H]43)cccc12)C1CC1. The fraction of sp³-hybridized carbons (Fsp3) is 0.432. The van der Waals surface area contributed by atoms with Crippen LogP contribution in [0.2, 0.25) is 0 Å². The molecule has 65 heavy (non-hydrogen) atoms. The molecule has 0 bridgehead atoms. The largest absolute Gasteiger partial charge is 0.346 e. The van der Waals surface area contributed by atoms with Crippen molar-refractivity contribution in [3.63, 3.8) is 0 Å². The summed E-state index contributed by atoms with van der Waals surface area (Å²) in [6, 6.07) is 8.64. The molecule has 3 saturated carbocycles. The fourth-order valence-electron chi connectivity index (χ4n) is 8.74. The van der Waals surface area contributed by atoms with E-state index in [-0.39, 0.29) is 62.0 Å². The Morgan fingerprint density at radius 3 is 2.28 bits per heavy atom. The summed E-state index contributed by atoms with van der Waals surface area (Å²) < 4.78 is 160. The van der Waals surface area contributed by atoms with Gasteiger partial charge in [-0.15, -0.1) is 0 Å². The number of carbonyl (C=O) groups is 1. The summed E-state index contributed by atoms with van der Waals surface area (Å²) in [6.07, 6.45) is -4.39. The van der Waals surface area contributed by atoms with Gasteiger partial charge in [0.15, 0.2) is 15.7 Å². The molecule has 11 nitrogen and oxygen atoms in total. The van der Waals surface area contributed by atoms with Crippen molar-refractivity contribution < 1.29 is 52.5 Å². The maximum absolute atomic E-state index is 15.5. The lowest BCUT2D eigenvalue weighted by Crippen LogP contribution is -2.35. The van der Waals surface area contributed by atoms with Crippen molar-refractivity contribution in [3.05, 3.63) is 94.1 Å². The first-order valence-corrected chi connectivity index (χ1v) is 24.1. The number of pyridine rings is 1. The van der Waals surface area contributed by atoms with Gasteiger partial charge < -0.3 is 5.32 Å². The number of sulfone groups is 1. The molecule has 1 amide bonds. The summed E-state index contributed by atoms with van der Waals surface area (Å²) in [5, 5.41) is 10.2. The third-order valence-electron chi connectivity index (χ3n) is 12.3. The number of benzene rings is 2. The predicted molar refractivity (Wildman–Crippen MR) is 227 cm³/mol. The molecule has 21 heteroatoms. The number of alkyl halides is 6. The van der Waals surface area contributed by atoms with E-state index < -0.39 is 115 Å². The normalized spacial score (nSPS) is 20.2. The average molecular weight is 948 g/mol. The van der Waals surface area contributed by atoms with Crippen LogP contribution in [0.3, 0.4) is 0 Å². The first-order chi connectivity index (χ1) is 30.6. The fourth-order valence-corrected chi connectivity index (χ4v) is 12.1. The van der Waals surface area contributed by atoms with Crippen molar-refractivity contribution in [1.82, 2.24) is 29.9 Å². The van der Waals surface area contributed by atoms with Crippen LogP contribution in [-0.4, -0.2) is 70.6 Å². The second-order valence-corrected chi connectivity index (χ2v) is 22.7. The van der Waals surface area contributed by atoms with Crippen LogP contribution in [0, 0.1) is 29.4 Å². The molecule has 3 heterocycles. The second-order valence-electron chi connectivity index (χ2n) is 17.6. The van der Waals surface area contributed by atoms with Crippen molar-refractivity contribution in [1.29, 1.82) is 0 Å². The van der Waals surface area contributed by atoms with Gasteiger partial charge in [-0.05, 0) is 106 Å². The van der Waals surface area contributed by atoms with Crippen LogP contribution >= 0.6 is 0 Å². The minimum Gasteiger partial charge on any atom is -0.346 e. The molecule has 0 saturated heterocycles. The van der Waals surface area contributed by atoms with E-state index in [0.29, 0.717) is 36.4 Å². The van der Waals surface area contributed by atoms with Gasteiger partial charge in [0.1, 0.15) is 46.6 Å². The summed E-state index contributed by atoms with van der Waals surface area (Å²) >= 11 is 0. The van der Waals surface area contributed by atoms with E-state index >= 15 is 8.78 Å². The van der Waals surface area contributed by atoms with Gasteiger partial charge >= 0.3 is 0 Å². The molecule has 344 valence electrons. The number of nitrogens with one attached hydrogen (secondary N) is 2. The van der Waals surface area contributed by atoms with Crippen molar-refractivity contribution in [3.8, 4) is 23.0 Å². The van der Waals surface area contributed by atoms with Crippen LogP contribution in [-0.2, 0) is 49.8 Å². The zero-order valence-electron chi connectivity index (χ0n) is 34.7.